The van der Waals surface area contributed by atoms with Crippen LogP contribution in [0.1, 0.15) is 0 Å². The number of hydrogen-bond acceptors (Lipinski definition) is 4. The summed E-state index contributed by atoms with van der Waals surface area (Å²) in [7, 11) is -1.71. The molecule has 0 aliphatic heterocycles. The van der Waals surface area contributed by atoms with Crippen molar-refractivity contribution >= 4 is 21.8 Å². The van der Waals surface area contributed by atoms with E-state index in [1.165, 1.54) is 18.8 Å². The minimum Gasteiger partial charge on any atom is -0.325 e. The molecule has 0 atom stereocenters. The maximum absolute atomic E-state index is 11.1. The molecule has 0 aliphatic carbocycles. The van der Waals surface area contributed by atoms with E-state index in [0.717, 1.165) is 5.16 Å². The summed E-state index contributed by atoms with van der Waals surface area (Å²) in [5.74, 6) is 0.0768. The fraction of sp³-hybridized carbons (Fsp3) is 0.571. The van der Waals surface area contributed by atoms with Crippen molar-refractivity contribution in [1.82, 2.24) is 14.3 Å². The van der Waals surface area contributed by atoms with Crippen molar-refractivity contribution in [2.24, 2.45) is 0 Å². The molecule has 0 radical (unpaired) electrons. The minimum absolute atomic E-state index is 0.0768. The Kier molecular flexibility index (Phi) is 3.97. The molecule has 1 aromatic rings. The summed E-state index contributed by atoms with van der Waals surface area (Å²) in [4.78, 5) is 4.07. The van der Waals surface area contributed by atoms with Gasteiger partial charge in [0.15, 0.2) is 5.16 Å². The highest BCUT2D eigenvalue weighted by Gasteiger charge is 2.08. The van der Waals surface area contributed by atoms with E-state index in [1.54, 1.807) is 12.4 Å². The quantitative estimate of drug-likeness (QED) is 0.738. The highest BCUT2D eigenvalue weighted by molar-refractivity contribution is 7.98. The van der Waals surface area contributed by atoms with Crippen molar-refractivity contribution in [3.63, 3.8) is 0 Å². The van der Waals surface area contributed by atoms with Crippen molar-refractivity contribution in [3.8, 4) is 0 Å². The lowest BCUT2D eigenvalue weighted by molar-refractivity contribution is 0.576. The van der Waals surface area contributed by atoms with Crippen LogP contribution in [0.4, 0.5) is 0 Å². The first-order valence-electron chi connectivity index (χ1n) is 4.05. The van der Waals surface area contributed by atoms with E-state index in [9.17, 15) is 8.42 Å². The van der Waals surface area contributed by atoms with Crippen molar-refractivity contribution in [2.45, 2.75) is 11.7 Å². The Morgan fingerprint density at radius 3 is 2.93 bits per heavy atom. The smallest absolute Gasteiger partial charge is 0.213 e. The first-order chi connectivity index (χ1) is 6.59. The Bertz CT molecular complexity index is 385. The monoisotopic (exact) mass is 235 g/mol. The summed E-state index contributed by atoms with van der Waals surface area (Å²) in [6.45, 7) is 0.430. The predicted octanol–water partition coefficient (Wildman–Crippen LogP) is 0.154. The van der Waals surface area contributed by atoms with E-state index in [2.05, 4.69) is 9.71 Å². The van der Waals surface area contributed by atoms with Crippen LogP contribution in [0.15, 0.2) is 17.6 Å². The molecule has 0 amide bonds. The Morgan fingerprint density at radius 2 is 2.36 bits per heavy atom. The first kappa shape index (κ1) is 11.5. The molecule has 1 heterocycles. The van der Waals surface area contributed by atoms with Gasteiger partial charge in [-0.3, -0.25) is 0 Å². The third-order valence-electron chi connectivity index (χ3n) is 1.77. The molecule has 7 heteroatoms. The molecule has 0 fully saturated rings. The molecule has 14 heavy (non-hydrogen) atoms. The van der Waals surface area contributed by atoms with Gasteiger partial charge in [0.1, 0.15) is 0 Å². The largest absolute Gasteiger partial charge is 0.325 e. The maximum atomic E-state index is 11.1. The Morgan fingerprint density at radius 1 is 1.64 bits per heavy atom. The van der Waals surface area contributed by atoms with Crippen molar-refractivity contribution < 1.29 is 8.42 Å². The average molecular weight is 235 g/mol. The molecular weight excluding hydrogens is 222 g/mol. The number of nitrogens with one attached hydrogen (secondary N) is 1. The molecule has 0 aliphatic rings. The van der Waals surface area contributed by atoms with Crippen molar-refractivity contribution in [3.05, 3.63) is 12.4 Å². The fourth-order valence-corrected chi connectivity index (χ4v) is 2.17. The number of imidazole rings is 1. The molecule has 0 saturated carbocycles. The lowest BCUT2D eigenvalue weighted by atomic mass is 10.7. The second kappa shape index (κ2) is 4.81. The van der Waals surface area contributed by atoms with Crippen LogP contribution in [0.5, 0.6) is 0 Å². The second-order valence-corrected chi connectivity index (χ2v) is 5.45. The zero-order valence-corrected chi connectivity index (χ0v) is 9.73. The number of hydrogen-bond donors (Lipinski definition) is 1. The van der Waals surface area contributed by atoms with Crippen molar-refractivity contribution in [2.75, 3.05) is 19.1 Å². The number of nitrogens with zero attached hydrogens (tertiary/aromatic N) is 2. The van der Waals surface area contributed by atoms with Gasteiger partial charge in [0, 0.05) is 18.9 Å². The average Bonchev–Trinajstić information content (AvgIpc) is 2.62. The number of sulfonamides is 1. The molecule has 0 unspecified atom stereocenters. The van der Waals surface area contributed by atoms with Gasteiger partial charge in [-0.1, -0.05) is 11.8 Å². The third-order valence-corrected chi connectivity index (χ3v) is 3.82. The van der Waals surface area contributed by atoms with Gasteiger partial charge in [-0.15, -0.1) is 0 Å². The Balaban J connectivity index is 2.62. The molecule has 0 spiro atoms. The summed E-state index contributed by atoms with van der Waals surface area (Å²) in [6, 6.07) is 0. The molecule has 0 aromatic carbocycles. The molecule has 5 nitrogen and oxygen atoms in total. The van der Waals surface area contributed by atoms with E-state index in [4.69, 9.17) is 0 Å². The van der Waals surface area contributed by atoms with Crippen LogP contribution >= 0.6 is 11.8 Å². The van der Waals surface area contributed by atoms with Crippen LogP contribution < -0.4 is 4.72 Å². The molecule has 1 rings (SSSR count). The molecule has 1 aromatic heterocycles. The number of rotatable bonds is 5. The van der Waals surface area contributed by atoms with E-state index in [-0.39, 0.29) is 5.75 Å². The second-order valence-electron chi connectivity index (χ2n) is 2.63. The van der Waals surface area contributed by atoms with Gasteiger partial charge < -0.3 is 4.57 Å². The summed E-state index contributed by atoms with van der Waals surface area (Å²) < 4.78 is 26.4. The maximum Gasteiger partial charge on any atom is 0.213 e. The SMILES string of the molecule is CNS(=O)(=O)CCn1ccnc1SC. The van der Waals surface area contributed by atoms with Gasteiger partial charge in [-0.05, 0) is 13.3 Å². The van der Waals surface area contributed by atoms with Gasteiger partial charge in [0.25, 0.3) is 0 Å². The third kappa shape index (κ3) is 3.00. The van der Waals surface area contributed by atoms with Gasteiger partial charge in [0.2, 0.25) is 10.0 Å². The van der Waals surface area contributed by atoms with E-state index in [1.807, 2.05) is 10.8 Å². The summed E-state index contributed by atoms with van der Waals surface area (Å²) >= 11 is 1.50. The zero-order valence-electron chi connectivity index (χ0n) is 8.10. The van der Waals surface area contributed by atoms with Crippen LogP contribution in [0, 0.1) is 0 Å². The Labute approximate surface area is 88.0 Å². The number of aryl methyl sites for hydroxylation is 1. The van der Waals surface area contributed by atoms with Crippen LogP contribution in [-0.4, -0.2) is 37.0 Å². The molecular formula is C7H13N3O2S2. The van der Waals surface area contributed by atoms with Gasteiger partial charge in [-0.2, -0.15) is 0 Å². The summed E-state index contributed by atoms with van der Waals surface area (Å²) in [5.41, 5.74) is 0. The summed E-state index contributed by atoms with van der Waals surface area (Å²) in [6.07, 6.45) is 5.35. The molecule has 0 bridgehead atoms. The lowest BCUT2D eigenvalue weighted by Crippen LogP contribution is -2.24. The van der Waals surface area contributed by atoms with Gasteiger partial charge in [0.05, 0.1) is 5.75 Å². The highest BCUT2D eigenvalue weighted by Crippen LogP contribution is 2.11. The Hall–Kier alpha value is -0.530. The summed E-state index contributed by atoms with van der Waals surface area (Å²) in [5, 5.41) is 0.830. The van der Waals surface area contributed by atoms with Crippen molar-refractivity contribution in [1.29, 1.82) is 0 Å². The molecule has 0 saturated heterocycles. The standard InChI is InChI=1S/C7H13N3O2S2/c1-8-14(11,12)6-5-10-4-3-9-7(10)13-2/h3-4,8H,5-6H2,1-2H3. The highest BCUT2D eigenvalue weighted by atomic mass is 32.2. The van der Waals surface area contributed by atoms with Crippen LogP contribution in [0.2, 0.25) is 0 Å². The normalized spacial score (nSPS) is 11.9. The van der Waals surface area contributed by atoms with Crippen LogP contribution in [0.25, 0.3) is 0 Å². The predicted molar refractivity (Wildman–Crippen MR) is 56.9 cm³/mol. The van der Waals surface area contributed by atoms with Crippen LogP contribution in [0.3, 0.4) is 0 Å². The first-order valence-corrected chi connectivity index (χ1v) is 6.93. The van der Waals surface area contributed by atoms with E-state index >= 15 is 0 Å². The molecule has 1 N–H and O–H groups in total. The lowest BCUT2D eigenvalue weighted by Gasteiger charge is -2.05. The number of thioether (sulfide) groups is 1. The topological polar surface area (TPSA) is 64.0 Å². The zero-order chi connectivity index (χ0) is 10.6. The van der Waals surface area contributed by atoms with E-state index in [0.29, 0.717) is 6.54 Å². The fourth-order valence-electron chi connectivity index (χ4n) is 0.976. The molecule has 80 valence electrons. The van der Waals surface area contributed by atoms with Crippen LogP contribution in [-0.2, 0) is 16.6 Å². The van der Waals surface area contributed by atoms with Gasteiger partial charge in [-0.25, -0.2) is 18.1 Å². The van der Waals surface area contributed by atoms with Gasteiger partial charge >= 0.3 is 0 Å². The number of aromatic nitrogens is 2. The van der Waals surface area contributed by atoms with E-state index < -0.39 is 10.0 Å². The minimum atomic E-state index is -3.13.